The fourth-order valence-electron chi connectivity index (χ4n) is 3.73. The smallest absolute Gasteiger partial charge is 0.281 e. The van der Waals surface area contributed by atoms with Crippen molar-refractivity contribution in [3.63, 3.8) is 0 Å². The van der Waals surface area contributed by atoms with E-state index < -0.39 is 11.5 Å². The van der Waals surface area contributed by atoms with Crippen molar-refractivity contribution in [1.29, 1.82) is 5.26 Å². The average molecular weight is 713 g/mol. The number of hydrazone groups is 1. The van der Waals surface area contributed by atoms with E-state index in [-0.39, 0.29) is 6.61 Å². The molecule has 0 atom stereocenters. The molecule has 0 unspecified atom stereocenters. The number of hydrogen-bond donors (Lipinski definition) is 2. The first-order valence-electron chi connectivity index (χ1n) is 11.2. The number of carbonyl (C=O) groups excluding carboxylic acids is 1. The highest BCUT2D eigenvalue weighted by Gasteiger charge is 2.39. The topological polar surface area (TPSA) is 94.7 Å². The van der Waals surface area contributed by atoms with Gasteiger partial charge in [-0.3, -0.25) is 4.79 Å². The Labute approximate surface area is 242 Å². The van der Waals surface area contributed by atoms with Gasteiger partial charge in [-0.05, 0) is 80.1 Å². The molecule has 184 valence electrons. The third-order valence-electron chi connectivity index (χ3n) is 5.62. The normalized spacial score (nSPS) is 11.2. The van der Waals surface area contributed by atoms with Crippen molar-refractivity contribution in [2.45, 2.75) is 12.2 Å². The standard InChI is InChI=1S/C29H21I2N3O3/c30-25-15-20(16-26(31)27(25)37-19-22-10-8-7-9-21(22)17-32)18-33-34-28(35)29(36,23-11-3-1-4-12-23)24-13-5-2-6-14-24/h1-16,18,36H,19H2,(H,34,35)/b33-18+. The maximum absolute atomic E-state index is 13.2. The highest BCUT2D eigenvalue weighted by Crippen LogP contribution is 2.31. The van der Waals surface area contributed by atoms with Crippen LogP contribution in [-0.4, -0.2) is 17.2 Å². The second kappa shape index (κ2) is 12.3. The number of nitriles is 1. The van der Waals surface area contributed by atoms with Crippen LogP contribution in [0.3, 0.4) is 0 Å². The molecule has 6 nitrogen and oxygen atoms in total. The SMILES string of the molecule is N#Cc1ccccc1COc1c(I)cc(/C=N/NC(=O)C(O)(c2ccccc2)c2ccccc2)cc1I. The Bertz CT molecular complexity index is 1410. The van der Waals surface area contributed by atoms with Gasteiger partial charge in [0.05, 0.1) is 25.0 Å². The van der Waals surface area contributed by atoms with Crippen LogP contribution in [0.25, 0.3) is 0 Å². The Morgan fingerprint density at radius 1 is 0.946 bits per heavy atom. The average Bonchev–Trinajstić information content (AvgIpc) is 2.93. The van der Waals surface area contributed by atoms with E-state index in [1.807, 2.05) is 42.5 Å². The molecule has 0 aliphatic rings. The van der Waals surface area contributed by atoms with Crippen LogP contribution in [0.4, 0.5) is 0 Å². The zero-order chi connectivity index (χ0) is 26.3. The van der Waals surface area contributed by atoms with Crippen molar-refractivity contribution < 1.29 is 14.6 Å². The van der Waals surface area contributed by atoms with E-state index in [0.29, 0.717) is 22.4 Å². The molecule has 0 heterocycles. The largest absolute Gasteiger partial charge is 0.487 e. The first-order valence-corrected chi connectivity index (χ1v) is 13.4. The Kier molecular flexibility index (Phi) is 8.91. The van der Waals surface area contributed by atoms with Crippen LogP contribution in [0.2, 0.25) is 0 Å². The summed E-state index contributed by atoms with van der Waals surface area (Å²) in [6.07, 6.45) is 1.52. The lowest BCUT2D eigenvalue weighted by molar-refractivity contribution is -0.136. The summed E-state index contributed by atoms with van der Waals surface area (Å²) >= 11 is 4.36. The minimum Gasteiger partial charge on any atom is -0.487 e. The molecule has 2 N–H and O–H groups in total. The van der Waals surface area contributed by atoms with Crippen molar-refractivity contribution >= 4 is 57.3 Å². The lowest BCUT2D eigenvalue weighted by Crippen LogP contribution is -2.43. The van der Waals surface area contributed by atoms with Crippen LogP contribution in [0.5, 0.6) is 5.75 Å². The summed E-state index contributed by atoms with van der Waals surface area (Å²) in [7, 11) is 0. The van der Waals surface area contributed by atoms with Crippen LogP contribution in [0, 0.1) is 18.5 Å². The molecule has 0 aromatic heterocycles. The quantitative estimate of drug-likeness (QED) is 0.139. The number of nitrogens with one attached hydrogen (secondary N) is 1. The molecular formula is C29H21I2N3O3. The van der Waals surface area contributed by atoms with E-state index in [1.165, 1.54) is 6.21 Å². The van der Waals surface area contributed by atoms with Crippen molar-refractivity contribution in [2.24, 2.45) is 5.10 Å². The molecule has 0 spiro atoms. The van der Waals surface area contributed by atoms with Gasteiger partial charge in [-0.15, -0.1) is 0 Å². The van der Waals surface area contributed by atoms with Crippen molar-refractivity contribution in [2.75, 3.05) is 0 Å². The van der Waals surface area contributed by atoms with Gasteiger partial charge in [-0.1, -0.05) is 78.9 Å². The van der Waals surface area contributed by atoms with Gasteiger partial charge in [-0.25, -0.2) is 5.43 Å². The van der Waals surface area contributed by atoms with Gasteiger partial charge in [0.25, 0.3) is 5.91 Å². The van der Waals surface area contributed by atoms with E-state index in [2.05, 4.69) is 61.8 Å². The number of aliphatic hydroxyl groups is 1. The summed E-state index contributed by atoms with van der Waals surface area (Å²) in [6.45, 7) is 0.275. The predicted octanol–water partition coefficient (Wildman–Crippen LogP) is 5.73. The number of ether oxygens (including phenoxy) is 1. The molecule has 4 rings (SSSR count). The van der Waals surface area contributed by atoms with Crippen LogP contribution < -0.4 is 10.2 Å². The summed E-state index contributed by atoms with van der Waals surface area (Å²) in [5, 5.41) is 24.9. The van der Waals surface area contributed by atoms with Crippen molar-refractivity contribution in [1.82, 2.24) is 5.43 Å². The van der Waals surface area contributed by atoms with Gasteiger partial charge in [-0.2, -0.15) is 10.4 Å². The summed E-state index contributed by atoms with van der Waals surface area (Å²) in [4.78, 5) is 13.2. The number of halogens is 2. The van der Waals surface area contributed by atoms with Gasteiger partial charge in [0.15, 0.2) is 5.60 Å². The minimum atomic E-state index is -1.90. The number of carbonyl (C=O) groups is 1. The summed E-state index contributed by atoms with van der Waals surface area (Å²) in [6, 6.07) is 30.8. The monoisotopic (exact) mass is 713 g/mol. The highest BCUT2D eigenvalue weighted by molar-refractivity contribution is 14.1. The lowest BCUT2D eigenvalue weighted by atomic mass is 9.85. The van der Waals surface area contributed by atoms with Crippen LogP contribution in [0.15, 0.2) is 102 Å². The molecule has 0 saturated carbocycles. The number of benzene rings is 4. The third kappa shape index (κ3) is 6.18. The molecule has 0 saturated heterocycles. The molecule has 4 aromatic carbocycles. The molecule has 0 radical (unpaired) electrons. The van der Waals surface area contributed by atoms with E-state index in [4.69, 9.17) is 4.74 Å². The molecule has 8 heteroatoms. The van der Waals surface area contributed by atoms with Crippen molar-refractivity contribution in [3.05, 3.63) is 132 Å². The minimum absolute atomic E-state index is 0.275. The van der Waals surface area contributed by atoms with Crippen molar-refractivity contribution in [3.8, 4) is 11.8 Å². The number of nitrogens with zero attached hydrogens (tertiary/aromatic N) is 2. The molecule has 0 aliphatic heterocycles. The zero-order valence-electron chi connectivity index (χ0n) is 19.4. The molecule has 37 heavy (non-hydrogen) atoms. The van der Waals surface area contributed by atoms with Crippen LogP contribution in [-0.2, 0) is 17.0 Å². The third-order valence-corrected chi connectivity index (χ3v) is 7.22. The first kappa shape index (κ1) is 26.8. The van der Waals surface area contributed by atoms with Gasteiger partial charge < -0.3 is 9.84 Å². The molecule has 4 aromatic rings. The second-order valence-corrected chi connectivity index (χ2v) is 10.3. The van der Waals surface area contributed by atoms with Gasteiger partial charge in [0, 0.05) is 5.56 Å². The second-order valence-electron chi connectivity index (χ2n) is 8.01. The van der Waals surface area contributed by atoms with E-state index >= 15 is 0 Å². The first-order chi connectivity index (χ1) is 17.9. The Morgan fingerprint density at radius 2 is 1.49 bits per heavy atom. The maximum Gasteiger partial charge on any atom is 0.281 e. The summed E-state index contributed by atoms with van der Waals surface area (Å²) < 4.78 is 7.74. The summed E-state index contributed by atoms with van der Waals surface area (Å²) in [5.41, 5.74) is 3.62. The van der Waals surface area contributed by atoms with Gasteiger partial charge in [0.1, 0.15) is 12.4 Å². The fraction of sp³-hybridized carbons (Fsp3) is 0.0690. The van der Waals surface area contributed by atoms with Gasteiger partial charge in [0.2, 0.25) is 0 Å². The molecule has 0 aliphatic carbocycles. The molecule has 1 amide bonds. The van der Waals surface area contributed by atoms with E-state index in [0.717, 1.165) is 18.3 Å². The predicted molar refractivity (Wildman–Crippen MR) is 159 cm³/mol. The molecular weight excluding hydrogens is 692 g/mol. The Hall–Kier alpha value is -3.27. The van der Waals surface area contributed by atoms with Gasteiger partial charge >= 0.3 is 0 Å². The number of amides is 1. The zero-order valence-corrected chi connectivity index (χ0v) is 23.8. The maximum atomic E-state index is 13.2. The molecule has 0 bridgehead atoms. The van der Waals surface area contributed by atoms with Crippen LogP contribution in [0.1, 0.15) is 27.8 Å². The molecule has 0 fully saturated rings. The Morgan fingerprint density at radius 3 is 2.05 bits per heavy atom. The van der Waals surface area contributed by atoms with Crippen LogP contribution >= 0.6 is 45.2 Å². The lowest BCUT2D eigenvalue weighted by Gasteiger charge is -2.27. The Balaban J connectivity index is 1.50. The summed E-state index contributed by atoms with van der Waals surface area (Å²) in [5.74, 6) is 0.0410. The van der Waals surface area contributed by atoms with E-state index in [9.17, 15) is 15.2 Å². The fourth-order valence-corrected chi connectivity index (χ4v) is 5.86. The highest BCUT2D eigenvalue weighted by atomic mass is 127. The number of rotatable bonds is 8. The van der Waals surface area contributed by atoms with E-state index in [1.54, 1.807) is 54.6 Å². The number of hydrogen-bond acceptors (Lipinski definition) is 5.